The van der Waals surface area contributed by atoms with Crippen molar-refractivity contribution in [3.63, 3.8) is 0 Å². The first-order chi connectivity index (χ1) is 11.2. The predicted octanol–water partition coefficient (Wildman–Crippen LogP) is 3.33. The average molecular weight is 367 g/mol. The van der Waals surface area contributed by atoms with E-state index >= 15 is 0 Å². The number of hydrogen-bond donors (Lipinski definition) is 0. The summed E-state index contributed by atoms with van der Waals surface area (Å²) in [7, 11) is -7.05. The summed E-state index contributed by atoms with van der Waals surface area (Å²) in [5.41, 5.74) is 1.35. The molecule has 0 radical (unpaired) electrons. The van der Waals surface area contributed by atoms with Crippen molar-refractivity contribution in [2.45, 2.75) is 42.2 Å². The highest BCUT2D eigenvalue weighted by molar-refractivity contribution is 7.92. The Morgan fingerprint density at radius 2 is 1.25 bits per heavy atom. The minimum atomic E-state index is -3.55. The molecule has 0 heterocycles. The Kier molecular flexibility index (Phi) is 5.50. The van der Waals surface area contributed by atoms with E-state index in [1.807, 2.05) is 0 Å². The molecule has 4 nitrogen and oxygen atoms in total. The van der Waals surface area contributed by atoms with E-state index < -0.39 is 24.9 Å². The van der Waals surface area contributed by atoms with Crippen molar-refractivity contribution >= 4 is 19.7 Å². The van der Waals surface area contributed by atoms with Crippen molar-refractivity contribution in [1.82, 2.24) is 0 Å². The lowest BCUT2D eigenvalue weighted by Crippen LogP contribution is -2.22. The first kappa shape index (κ1) is 18.7. The van der Waals surface area contributed by atoms with Gasteiger partial charge in [0.05, 0.1) is 20.8 Å². The predicted molar refractivity (Wildman–Crippen MR) is 95.7 cm³/mol. The van der Waals surface area contributed by atoms with Gasteiger partial charge in [-0.3, -0.25) is 0 Å². The molecule has 1 unspecified atom stereocenters. The van der Waals surface area contributed by atoms with Crippen molar-refractivity contribution in [3.8, 4) is 0 Å². The van der Waals surface area contributed by atoms with Gasteiger partial charge in [0, 0.05) is 0 Å². The fourth-order valence-corrected chi connectivity index (χ4v) is 6.11. The van der Waals surface area contributed by atoms with Gasteiger partial charge in [0.15, 0.2) is 19.7 Å². The Hall–Kier alpha value is -1.66. The van der Waals surface area contributed by atoms with Crippen LogP contribution in [0.3, 0.4) is 0 Å². The molecule has 1 atom stereocenters. The molecule has 24 heavy (non-hydrogen) atoms. The summed E-state index contributed by atoms with van der Waals surface area (Å²) in [6.07, 6.45) is 0.0628. The molecule has 0 aliphatic heterocycles. The quantitative estimate of drug-likeness (QED) is 0.786. The van der Waals surface area contributed by atoms with Gasteiger partial charge in [-0.25, -0.2) is 16.8 Å². The van der Waals surface area contributed by atoms with Crippen molar-refractivity contribution < 1.29 is 16.8 Å². The lowest BCUT2D eigenvalue weighted by atomic mass is 10.2. The molecule has 2 aromatic carbocycles. The maximum absolute atomic E-state index is 12.7. The monoisotopic (exact) mass is 366 g/mol. The molecule has 6 heteroatoms. The summed E-state index contributed by atoms with van der Waals surface area (Å²) in [5.74, 6) is -0.190. The summed E-state index contributed by atoms with van der Waals surface area (Å²) in [4.78, 5) is 0.538. The summed E-state index contributed by atoms with van der Waals surface area (Å²) < 4.78 is 50.3. The number of sulfone groups is 2. The molecule has 0 saturated carbocycles. The molecule has 0 N–H and O–H groups in total. The van der Waals surface area contributed by atoms with E-state index in [-0.39, 0.29) is 22.0 Å². The van der Waals surface area contributed by atoms with Crippen molar-refractivity contribution in [3.05, 3.63) is 59.7 Å². The van der Waals surface area contributed by atoms with Crippen molar-refractivity contribution in [1.29, 1.82) is 0 Å². The number of benzene rings is 2. The molecule has 0 aromatic heterocycles. The molecular weight excluding hydrogens is 344 g/mol. The Bertz CT molecular complexity index is 929. The zero-order valence-corrected chi connectivity index (χ0v) is 15.7. The Balaban J connectivity index is 2.20. The van der Waals surface area contributed by atoms with E-state index in [4.69, 9.17) is 0 Å². The summed E-state index contributed by atoms with van der Waals surface area (Å²) >= 11 is 0. The van der Waals surface area contributed by atoms with Gasteiger partial charge in [-0.05, 0) is 50.5 Å². The number of aryl methyl sites for hydroxylation is 2. The molecule has 2 rings (SSSR count). The molecule has 2 aromatic rings. The summed E-state index contributed by atoms with van der Waals surface area (Å²) in [6, 6.07) is 13.5. The van der Waals surface area contributed by atoms with Gasteiger partial charge in [-0.2, -0.15) is 0 Å². The molecule has 0 saturated heterocycles. The molecule has 0 bridgehead atoms. The minimum absolute atomic E-state index is 0.0628. The minimum Gasteiger partial charge on any atom is -0.224 e. The van der Waals surface area contributed by atoms with Crippen LogP contribution < -0.4 is 0 Å². The topological polar surface area (TPSA) is 68.3 Å². The highest BCUT2D eigenvalue weighted by Gasteiger charge is 2.27. The third kappa shape index (κ3) is 3.87. The largest absolute Gasteiger partial charge is 0.224 e. The smallest absolute Gasteiger partial charge is 0.181 e. The van der Waals surface area contributed by atoms with Gasteiger partial charge in [0.1, 0.15) is 0 Å². The lowest BCUT2D eigenvalue weighted by Gasteiger charge is -2.15. The second-order valence-corrected chi connectivity index (χ2v) is 10.4. The molecule has 0 fully saturated rings. The van der Waals surface area contributed by atoms with E-state index in [2.05, 4.69) is 0 Å². The second-order valence-electron chi connectivity index (χ2n) is 5.99. The number of rotatable bonds is 6. The van der Waals surface area contributed by atoms with E-state index in [1.54, 1.807) is 69.3 Å². The van der Waals surface area contributed by atoms with Crippen LogP contribution in [0, 0.1) is 13.8 Å². The van der Waals surface area contributed by atoms with Crippen molar-refractivity contribution in [2.24, 2.45) is 0 Å². The SMILES string of the molecule is Cc1ccccc1S(=O)(=O)CCC(C)S(=O)(=O)c1ccccc1C. The van der Waals surface area contributed by atoms with Crippen LogP contribution >= 0.6 is 0 Å². The zero-order valence-electron chi connectivity index (χ0n) is 14.1. The van der Waals surface area contributed by atoms with Crippen LogP contribution in [-0.2, 0) is 19.7 Å². The fraction of sp³-hybridized carbons (Fsp3) is 0.333. The van der Waals surface area contributed by atoms with E-state index in [0.29, 0.717) is 11.1 Å². The lowest BCUT2D eigenvalue weighted by molar-refractivity contribution is 0.576. The average Bonchev–Trinajstić information content (AvgIpc) is 2.53. The second kappa shape index (κ2) is 7.07. The Morgan fingerprint density at radius 3 is 1.75 bits per heavy atom. The molecule has 0 aliphatic carbocycles. The summed E-state index contributed by atoms with van der Waals surface area (Å²) in [5, 5.41) is -0.766. The van der Waals surface area contributed by atoms with Crippen LogP contribution in [0.25, 0.3) is 0 Å². The Labute approximate surface area is 144 Å². The third-order valence-corrected chi connectivity index (χ3v) is 8.42. The Morgan fingerprint density at radius 1 is 0.792 bits per heavy atom. The van der Waals surface area contributed by atoms with Gasteiger partial charge in [0.2, 0.25) is 0 Å². The van der Waals surface area contributed by atoms with Gasteiger partial charge in [-0.1, -0.05) is 36.4 Å². The molecular formula is C18H22O4S2. The molecule has 0 amide bonds. The van der Waals surface area contributed by atoms with Crippen LogP contribution in [-0.4, -0.2) is 27.8 Å². The van der Waals surface area contributed by atoms with Crippen LogP contribution in [0.1, 0.15) is 24.5 Å². The number of hydrogen-bond acceptors (Lipinski definition) is 4. The zero-order chi connectivity index (χ0) is 18.0. The third-order valence-electron chi connectivity index (χ3n) is 4.15. The first-order valence-corrected chi connectivity index (χ1v) is 10.9. The fourth-order valence-electron chi connectivity index (χ4n) is 2.58. The van der Waals surface area contributed by atoms with Crippen LogP contribution in [0.2, 0.25) is 0 Å². The van der Waals surface area contributed by atoms with Crippen LogP contribution in [0.15, 0.2) is 58.3 Å². The van der Waals surface area contributed by atoms with E-state index in [1.165, 1.54) is 0 Å². The maximum atomic E-state index is 12.7. The van der Waals surface area contributed by atoms with E-state index in [0.717, 1.165) is 0 Å². The maximum Gasteiger partial charge on any atom is 0.181 e. The van der Waals surface area contributed by atoms with Crippen LogP contribution in [0.4, 0.5) is 0 Å². The summed E-state index contributed by atoms with van der Waals surface area (Å²) in [6.45, 7) is 5.04. The standard InChI is InChI=1S/C18H22O4S2/c1-14-8-4-6-10-17(14)23(19,20)13-12-16(3)24(21,22)18-11-7-5-9-15(18)2/h4-11,16H,12-13H2,1-3H3. The normalized spacial score (nSPS) is 13.6. The highest BCUT2D eigenvalue weighted by atomic mass is 32.2. The van der Waals surface area contributed by atoms with Gasteiger partial charge in [-0.15, -0.1) is 0 Å². The van der Waals surface area contributed by atoms with Gasteiger partial charge < -0.3 is 0 Å². The highest BCUT2D eigenvalue weighted by Crippen LogP contribution is 2.23. The van der Waals surface area contributed by atoms with Gasteiger partial charge in [0.25, 0.3) is 0 Å². The molecule has 0 aliphatic rings. The van der Waals surface area contributed by atoms with Crippen LogP contribution in [0.5, 0.6) is 0 Å². The molecule has 130 valence electrons. The molecule has 0 spiro atoms. The van der Waals surface area contributed by atoms with E-state index in [9.17, 15) is 16.8 Å². The van der Waals surface area contributed by atoms with Gasteiger partial charge >= 0.3 is 0 Å². The van der Waals surface area contributed by atoms with Crippen molar-refractivity contribution in [2.75, 3.05) is 5.75 Å². The first-order valence-electron chi connectivity index (χ1n) is 7.74.